The number of hydrogen-bond donors (Lipinski definition) is 2. The Morgan fingerprint density at radius 2 is 2.13 bits per heavy atom. The molecule has 1 aromatic rings. The van der Waals surface area contributed by atoms with Crippen molar-refractivity contribution in [3.63, 3.8) is 0 Å². The van der Waals surface area contributed by atoms with Gasteiger partial charge in [0, 0.05) is 26.2 Å². The Balaban J connectivity index is 0.00000192. The highest BCUT2D eigenvalue weighted by Gasteiger charge is 2.26. The molecule has 23 heavy (non-hydrogen) atoms. The molecule has 0 aromatic heterocycles. The third-order valence-electron chi connectivity index (χ3n) is 4.73. The number of carbonyl (C=O) groups is 1. The highest BCUT2D eigenvalue weighted by atomic mass is 35.5. The van der Waals surface area contributed by atoms with Gasteiger partial charge in [0.15, 0.2) is 0 Å². The van der Waals surface area contributed by atoms with Crippen LogP contribution in [0.4, 0.5) is 0 Å². The second-order valence-electron chi connectivity index (χ2n) is 6.67. The Hall–Kier alpha value is -1.10. The summed E-state index contributed by atoms with van der Waals surface area (Å²) < 4.78 is 0. The molecule has 3 N–H and O–H groups in total. The van der Waals surface area contributed by atoms with Crippen molar-refractivity contribution in [1.82, 2.24) is 10.2 Å². The Morgan fingerprint density at radius 3 is 2.87 bits per heavy atom. The highest BCUT2D eigenvalue weighted by Crippen LogP contribution is 2.40. The lowest BCUT2D eigenvalue weighted by atomic mass is 9.96. The van der Waals surface area contributed by atoms with Crippen LogP contribution in [0.1, 0.15) is 42.7 Å². The summed E-state index contributed by atoms with van der Waals surface area (Å²) in [6.07, 6.45) is 4.78. The molecule has 1 saturated heterocycles. The summed E-state index contributed by atoms with van der Waals surface area (Å²) in [7, 11) is 0. The van der Waals surface area contributed by atoms with E-state index >= 15 is 0 Å². The Bertz CT molecular complexity index is 519. The van der Waals surface area contributed by atoms with E-state index in [-0.39, 0.29) is 24.2 Å². The van der Waals surface area contributed by atoms with E-state index in [0.29, 0.717) is 13.1 Å². The third-order valence-corrected chi connectivity index (χ3v) is 4.73. The first-order valence-electron chi connectivity index (χ1n) is 8.55. The van der Waals surface area contributed by atoms with Gasteiger partial charge in [-0.1, -0.05) is 24.3 Å². The number of piperidine rings is 1. The molecule has 1 unspecified atom stereocenters. The predicted octanol–water partition coefficient (Wildman–Crippen LogP) is 2.27. The van der Waals surface area contributed by atoms with E-state index in [1.807, 2.05) is 0 Å². The van der Waals surface area contributed by atoms with Crippen LogP contribution in [0.3, 0.4) is 0 Å². The molecule has 5 heteroatoms. The Morgan fingerprint density at radius 1 is 1.30 bits per heavy atom. The first-order valence-corrected chi connectivity index (χ1v) is 8.55. The van der Waals surface area contributed by atoms with Gasteiger partial charge in [-0.25, -0.2) is 0 Å². The summed E-state index contributed by atoms with van der Waals surface area (Å²) in [6, 6.07) is 9.00. The number of amides is 1. The molecule has 3 rings (SSSR count). The number of rotatable bonds is 6. The molecule has 1 saturated carbocycles. The van der Waals surface area contributed by atoms with Crippen molar-refractivity contribution in [3.05, 3.63) is 35.4 Å². The van der Waals surface area contributed by atoms with Crippen LogP contribution >= 0.6 is 12.4 Å². The lowest BCUT2D eigenvalue weighted by Gasteiger charge is -2.32. The molecule has 1 aliphatic carbocycles. The fraction of sp³-hybridized carbons (Fsp3) is 0.611. The van der Waals surface area contributed by atoms with Crippen molar-refractivity contribution in [3.8, 4) is 0 Å². The standard InChI is InChI=1S/C18H27N3O.ClH/c19-8-9-20-18(22)17-5-2-10-21(13-17)12-14-3-1-4-16(11-14)15-6-7-15;/h1,3-4,11,15,17H,2,5-10,12-13,19H2,(H,20,22);1H. The van der Waals surface area contributed by atoms with Gasteiger partial charge in [-0.05, 0) is 49.3 Å². The topological polar surface area (TPSA) is 58.4 Å². The summed E-state index contributed by atoms with van der Waals surface area (Å²) in [4.78, 5) is 14.5. The molecule has 1 atom stereocenters. The van der Waals surface area contributed by atoms with Crippen LogP contribution < -0.4 is 11.1 Å². The molecular weight excluding hydrogens is 310 g/mol. The zero-order valence-corrected chi connectivity index (χ0v) is 14.5. The van der Waals surface area contributed by atoms with E-state index in [1.54, 1.807) is 0 Å². The summed E-state index contributed by atoms with van der Waals surface area (Å²) in [5.41, 5.74) is 8.33. The molecule has 1 heterocycles. The van der Waals surface area contributed by atoms with Gasteiger partial charge in [0.1, 0.15) is 0 Å². The molecule has 128 valence electrons. The monoisotopic (exact) mass is 337 g/mol. The summed E-state index contributed by atoms with van der Waals surface area (Å²) in [5.74, 6) is 1.09. The Labute approximate surface area is 145 Å². The van der Waals surface area contributed by atoms with Crippen LogP contribution in [-0.2, 0) is 11.3 Å². The van der Waals surface area contributed by atoms with E-state index in [0.717, 1.165) is 38.4 Å². The number of carbonyl (C=O) groups excluding carboxylic acids is 1. The number of nitrogens with one attached hydrogen (secondary N) is 1. The van der Waals surface area contributed by atoms with Crippen LogP contribution in [0.25, 0.3) is 0 Å². The van der Waals surface area contributed by atoms with Crippen molar-refractivity contribution >= 4 is 18.3 Å². The normalized spacial score (nSPS) is 21.5. The van der Waals surface area contributed by atoms with Gasteiger partial charge in [0.25, 0.3) is 0 Å². The largest absolute Gasteiger partial charge is 0.355 e. The second kappa shape index (κ2) is 8.67. The van der Waals surface area contributed by atoms with Crippen molar-refractivity contribution in [2.45, 2.75) is 38.1 Å². The van der Waals surface area contributed by atoms with Crippen LogP contribution in [0.5, 0.6) is 0 Å². The van der Waals surface area contributed by atoms with Crippen molar-refractivity contribution < 1.29 is 4.79 Å². The number of likely N-dealkylation sites (tertiary alicyclic amines) is 1. The van der Waals surface area contributed by atoms with E-state index in [4.69, 9.17) is 5.73 Å². The van der Waals surface area contributed by atoms with Crippen LogP contribution in [0.15, 0.2) is 24.3 Å². The van der Waals surface area contributed by atoms with Gasteiger partial charge < -0.3 is 11.1 Å². The molecule has 1 aliphatic heterocycles. The maximum atomic E-state index is 12.1. The average molecular weight is 338 g/mol. The Kier molecular flexibility index (Phi) is 6.88. The molecular formula is C18H28ClN3O. The first kappa shape index (κ1) is 18.2. The molecule has 0 spiro atoms. The van der Waals surface area contributed by atoms with Gasteiger partial charge in [0.2, 0.25) is 5.91 Å². The first-order chi connectivity index (χ1) is 10.8. The predicted molar refractivity (Wildman–Crippen MR) is 95.7 cm³/mol. The number of benzene rings is 1. The molecule has 2 fully saturated rings. The maximum absolute atomic E-state index is 12.1. The minimum atomic E-state index is 0. The van der Waals surface area contributed by atoms with Crippen molar-refractivity contribution in [2.24, 2.45) is 11.7 Å². The molecule has 2 aliphatic rings. The van der Waals surface area contributed by atoms with Crippen LogP contribution in [0, 0.1) is 5.92 Å². The van der Waals surface area contributed by atoms with Gasteiger partial charge >= 0.3 is 0 Å². The molecule has 1 amide bonds. The summed E-state index contributed by atoms with van der Waals surface area (Å²) in [5, 5.41) is 2.93. The van der Waals surface area contributed by atoms with Gasteiger partial charge in [0.05, 0.1) is 5.92 Å². The molecule has 1 aromatic carbocycles. The minimum absolute atomic E-state index is 0. The SMILES string of the molecule is Cl.NCCNC(=O)C1CCCN(Cc2cccc(C3CC3)c2)C1. The lowest BCUT2D eigenvalue weighted by Crippen LogP contribution is -2.43. The smallest absolute Gasteiger partial charge is 0.224 e. The van der Waals surface area contributed by atoms with Gasteiger partial charge in [-0.15, -0.1) is 12.4 Å². The number of halogens is 1. The zero-order valence-electron chi connectivity index (χ0n) is 13.7. The van der Waals surface area contributed by atoms with Crippen LogP contribution in [0.2, 0.25) is 0 Å². The minimum Gasteiger partial charge on any atom is -0.355 e. The van der Waals surface area contributed by atoms with Crippen LogP contribution in [-0.4, -0.2) is 37.0 Å². The molecule has 0 bridgehead atoms. The zero-order chi connectivity index (χ0) is 15.4. The van der Waals surface area contributed by atoms with Gasteiger partial charge in [-0.2, -0.15) is 0 Å². The highest BCUT2D eigenvalue weighted by molar-refractivity contribution is 5.85. The maximum Gasteiger partial charge on any atom is 0.224 e. The van der Waals surface area contributed by atoms with E-state index in [1.165, 1.54) is 24.0 Å². The summed E-state index contributed by atoms with van der Waals surface area (Å²) in [6.45, 7) is 4.01. The average Bonchev–Trinajstić information content (AvgIpc) is 3.38. The fourth-order valence-electron chi connectivity index (χ4n) is 3.37. The summed E-state index contributed by atoms with van der Waals surface area (Å²) >= 11 is 0. The quantitative estimate of drug-likeness (QED) is 0.837. The molecule has 0 radical (unpaired) electrons. The molecule has 4 nitrogen and oxygen atoms in total. The van der Waals surface area contributed by atoms with Crippen molar-refractivity contribution in [2.75, 3.05) is 26.2 Å². The van der Waals surface area contributed by atoms with Gasteiger partial charge in [-0.3, -0.25) is 9.69 Å². The number of hydrogen-bond acceptors (Lipinski definition) is 3. The fourth-order valence-corrected chi connectivity index (χ4v) is 3.37. The van der Waals surface area contributed by atoms with E-state index < -0.39 is 0 Å². The number of nitrogens with zero attached hydrogens (tertiary/aromatic N) is 1. The third kappa shape index (κ3) is 5.20. The second-order valence-corrected chi connectivity index (χ2v) is 6.67. The van der Waals surface area contributed by atoms with E-state index in [9.17, 15) is 4.79 Å². The van der Waals surface area contributed by atoms with Crippen molar-refractivity contribution in [1.29, 1.82) is 0 Å². The lowest BCUT2D eigenvalue weighted by molar-refractivity contribution is -0.126. The number of nitrogens with two attached hydrogens (primary N) is 1. The van der Waals surface area contributed by atoms with E-state index in [2.05, 4.69) is 34.5 Å².